The Labute approximate surface area is 67.6 Å². The van der Waals surface area contributed by atoms with E-state index in [1.54, 1.807) is 0 Å². The average Bonchev–Trinajstić information content (AvgIpc) is 2.68. The van der Waals surface area contributed by atoms with Crippen LogP contribution in [0.3, 0.4) is 0 Å². The molecule has 12 heavy (non-hydrogen) atoms. The number of nitrogens with two attached hydrogens (primary N) is 1. The maximum absolute atomic E-state index is 11.2. The number of aromatic amines is 2. The quantitative estimate of drug-likeness (QED) is 0.527. The molecule has 1 aromatic heterocycles. The van der Waals surface area contributed by atoms with Gasteiger partial charge < -0.3 is 5.73 Å². The van der Waals surface area contributed by atoms with Gasteiger partial charge in [0, 0.05) is 0 Å². The lowest BCUT2D eigenvalue weighted by Gasteiger charge is -1.99. The lowest BCUT2D eigenvalue weighted by Crippen LogP contribution is -2.26. The molecule has 5 heteroatoms. The van der Waals surface area contributed by atoms with Crippen molar-refractivity contribution in [2.24, 2.45) is 0 Å². The van der Waals surface area contributed by atoms with Crippen LogP contribution in [0.4, 0.5) is 5.82 Å². The lowest BCUT2D eigenvalue weighted by molar-refractivity contribution is 0.964. The van der Waals surface area contributed by atoms with E-state index in [0.717, 1.165) is 12.8 Å². The maximum atomic E-state index is 11.2. The average molecular weight is 167 g/mol. The van der Waals surface area contributed by atoms with E-state index in [1.165, 1.54) is 0 Å². The van der Waals surface area contributed by atoms with Crippen molar-refractivity contribution in [2.45, 2.75) is 18.8 Å². The summed E-state index contributed by atoms with van der Waals surface area (Å²) in [5, 5.41) is 0. The highest BCUT2D eigenvalue weighted by atomic mass is 16.2. The number of anilines is 1. The number of hydrogen-bond acceptors (Lipinski definition) is 3. The third kappa shape index (κ3) is 1.03. The highest BCUT2D eigenvalue weighted by Crippen LogP contribution is 2.39. The van der Waals surface area contributed by atoms with Gasteiger partial charge in [-0.25, -0.2) is 4.79 Å². The fraction of sp³-hybridized carbons (Fsp3) is 0.429. The van der Waals surface area contributed by atoms with Gasteiger partial charge in [0.25, 0.3) is 5.56 Å². The van der Waals surface area contributed by atoms with Gasteiger partial charge >= 0.3 is 5.69 Å². The van der Waals surface area contributed by atoms with Crippen LogP contribution in [0, 0.1) is 0 Å². The first-order valence-electron chi connectivity index (χ1n) is 3.80. The van der Waals surface area contributed by atoms with Crippen molar-refractivity contribution < 1.29 is 0 Å². The van der Waals surface area contributed by atoms with E-state index >= 15 is 0 Å². The van der Waals surface area contributed by atoms with E-state index in [0.29, 0.717) is 5.56 Å². The first-order valence-corrected chi connectivity index (χ1v) is 3.80. The number of nitrogen functional groups attached to an aromatic ring is 1. The van der Waals surface area contributed by atoms with Crippen LogP contribution in [0.25, 0.3) is 0 Å². The fourth-order valence-corrected chi connectivity index (χ4v) is 1.29. The largest absolute Gasteiger partial charge is 0.385 e. The Kier molecular flexibility index (Phi) is 1.33. The molecule has 0 atom stereocenters. The van der Waals surface area contributed by atoms with Crippen molar-refractivity contribution in [3.8, 4) is 0 Å². The molecule has 5 nitrogen and oxygen atoms in total. The van der Waals surface area contributed by atoms with Crippen LogP contribution in [0.5, 0.6) is 0 Å². The Morgan fingerprint density at radius 2 is 1.92 bits per heavy atom. The van der Waals surface area contributed by atoms with Gasteiger partial charge in [-0.05, 0) is 18.8 Å². The van der Waals surface area contributed by atoms with E-state index in [2.05, 4.69) is 9.97 Å². The van der Waals surface area contributed by atoms with Crippen LogP contribution in [0.15, 0.2) is 9.59 Å². The van der Waals surface area contributed by atoms with E-state index in [9.17, 15) is 9.59 Å². The predicted octanol–water partition coefficient (Wildman–Crippen LogP) is -0.477. The highest BCUT2D eigenvalue weighted by Gasteiger charge is 2.28. The molecule has 1 fully saturated rings. The molecule has 4 N–H and O–H groups in total. The van der Waals surface area contributed by atoms with E-state index in [4.69, 9.17) is 5.73 Å². The zero-order valence-corrected chi connectivity index (χ0v) is 6.39. The minimum Gasteiger partial charge on any atom is -0.385 e. The number of hydrogen-bond donors (Lipinski definition) is 3. The molecule has 0 aromatic carbocycles. The Hall–Kier alpha value is -1.52. The topological polar surface area (TPSA) is 91.7 Å². The minimum absolute atomic E-state index is 0.214. The van der Waals surface area contributed by atoms with Crippen molar-refractivity contribution in [3.63, 3.8) is 0 Å². The summed E-state index contributed by atoms with van der Waals surface area (Å²) in [6.45, 7) is 0. The molecule has 0 aliphatic heterocycles. The zero-order chi connectivity index (χ0) is 8.72. The van der Waals surface area contributed by atoms with Crippen molar-refractivity contribution in [3.05, 3.63) is 26.4 Å². The molecular formula is C7H9N3O2. The summed E-state index contributed by atoms with van der Waals surface area (Å²) in [6.07, 6.45) is 1.97. The molecule has 1 aliphatic carbocycles. The third-order valence-electron chi connectivity index (χ3n) is 2.00. The highest BCUT2D eigenvalue weighted by molar-refractivity contribution is 5.41. The Balaban J connectivity index is 2.67. The van der Waals surface area contributed by atoms with Gasteiger partial charge in [-0.1, -0.05) is 0 Å². The van der Waals surface area contributed by atoms with Gasteiger partial charge in [-0.2, -0.15) is 0 Å². The molecule has 2 rings (SSSR count). The van der Waals surface area contributed by atoms with Crippen LogP contribution < -0.4 is 17.0 Å². The van der Waals surface area contributed by atoms with Crippen LogP contribution in [0.1, 0.15) is 24.3 Å². The smallest absolute Gasteiger partial charge is 0.327 e. The molecule has 1 aromatic rings. The Bertz CT molecular complexity index is 413. The summed E-state index contributed by atoms with van der Waals surface area (Å²) in [4.78, 5) is 26.4. The lowest BCUT2D eigenvalue weighted by atomic mass is 10.2. The first kappa shape index (κ1) is 7.15. The van der Waals surface area contributed by atoms with E-state index in [1.807, 2.05) is 0 Å². The van der Waals surface area contributed by atoms with Crippen LogP contribution in [-0.2, 0) is 0 Å². The molecule has 64 valence electrons. The van der Waals surface area contributed by atoms with Crippen molar-refractivity contribution in [2.75, 3.05) is 5.73 Å². The maximum Gasteiger partial charge on any atom is 0.327 e. The van der Waals surface area contributed by atoms with E-state index in [-0.39, 0.29) is 17.3 Å². The van der Waals surface area contributed by atoms with E-state index < -0.39 is 5.69 Å². The van der Waals surface area contributed by atoms with Crippen molar-refractivity contribution >= 4 is 5.82 Å². The summed E-state index contributed by atoms with van der Waals surface area (Å²) in [5.41, 5.74) is 5.14. The molecule has 1 aliphatic rings. The van der Waals surface area contributed by atoms with Crippen molar-refractivity contribution in [1.82, 2.24) is 9.97 Å². The molecule has 0 spiro atoms. The second kappa shape index (κ2) is 2.23. The van der Waals surface area contributed by atoms with Crippen molar-refractivity contribution in [1.29, 1.82) is 0 Å². The standard InChI is InChI=1S/C7H9N3O2/c8-5-4(3-1-2-3)6(11)10-7(12)9-5/h3H,1-2H2,(H4,8,9,10,11,12). The molecule has 0 unspecified atom stereocenters. The normalized spacial score (nSPS) is 16.3. The SMILES string of the molecule is Nc1[nH]c(=O)[nH]c(=O)c1C1CC1. The van der Waals surface area contributed by atoms with Gasteiger partial charge in [0.05, 0.1) is 5.56 Å². The summed E-state index contributed by atoms with van der Waals surface area (Å²) in [5.74, 6) is 0.469. The number of H-pyrrole nitrogens is 2. The van der Waals surface area contributed by atoms with Gasteiger partial charge in [0.2, 0.25) is 0 Å². The molecule has 0 amide bonds. The second-order valence-corrected chi connectivity index (χ2v) is 3.01. The number of aromatic nitrogens is 2. The number of nitrogens with one attached hydrogen (secondary N) is 2. The van der Waals surface area contributed by atoms with Crippen LogP contribution >= 0.6 is 0 Å². The van der Waals surface area contributed by atoms with Crippen LogP contribution in [0.2, 0.25) is 0 Å². The monoisotopic (exact) mass is 167 g/mol. The fourth-order valence-electron chi connectivity index (χ4n) is 1.29. The zero-order valence-electron chi connectivity index (χ0n) is 6.39. The Morgan fingerprint density at radius 1 is 1.25 bits per heavy atom. The molecule has 0 bridgehead atoms. The summed E-state index contributed by atoms with van der Waals surface area (Å²) in [7, 11) is 0. The second-order valence-electron chi connectivity index (χ2n) is 3.01. The summed E-state index contributed by atoms with van der Waals surface area (Å²) >= 11 is 0. The molecule has 0 radical (unpaired) electrons. The summed E-state index contributed by atoms with van der Waals surface area (Å²) < 4.78 is 0. The van der Waals surface area contributed by atoms with Crippen LogP contribution in [-0.4, -0.2) is 9.97 Å². The van der Waals surface area contributed by atoms with Gasteiger partial charge in [-0.3, -0.25) is 14.8 Å². The third-order valence-corrected chi connectivity index (χ3v) is 2.00. The first-order chi connectivity index (χ1) is 5.68. The number of rotatable bonds is 1. The molecule has 1 heterocycles. The molecule has 1 saturated carbocycles. The van der Waals surface area contributed by atoms with Gasteiger partial charge in [0.1, 0.15) is 5.82 Å². The predicted molar refractivity (Wildman–Crippen MR) is 44.1 cm³/mol. The Morgan fingerprint density at radius 3 is 2.42 bits per heavy atom. The van der Waals surface area contributed by atoms with Gasteiger partial charge in [0.15, 0.2) is 0 Å². The molecular weight excluding hydrogens is 158 g/mol. The van der Waals surface area contributed by atoms with Gasteiger partial charge in [-0.15, -0.1) is 0 Å². The molecule has 0 saturated heterocycles. The summed E-state index contributed by atoms with van der Waals surface area (Å²) in [6, 6.07) is 0. The minimum atomic E-state index is -0.540.